The number of ether oxygens (including phenoxy) is 1. The fraction of sp³-hybridized carbons (Fsp3) is 0.143. The third-order valence-corrected chi connectivity index (χ3v) is 3.09. The van der Waals surface area contributed by atoms with Gasteiger partial charge in [0.1, 0.15) is 12.4 Å². The van der Waals surface area contributed by atoms with Crippen LogP contribution in [0.1, 0.15) is 11.1 Å². The smallest absolute Gasteiger partial charge is 0.311 e. The number of nitrogens with zero attached hydrogens (tertiary/aromatic N) is 1. The highest BCUT2D eigenvalue weighted by molar-refractivity contribution is 6.30. The number of halogens is 2. The minimum atomic E-state index is -0.563. The standard InChI is InChI=1S/C14H12ClFN2O3/c15-11-3-2-10(12(16)6-11)8-21-14-4-1-9(7-17)5-13(14)18(19)20/h1-6H,7-8,17H2. The molecule has 2 N–H and O–H groups in total. The summed E-state index contributed by atoms with van der Waals surface area (Å²) in [5.41, 5.74) is 6.12. The van der Waals surface area contributed by atoms with E-state index in [4.69, 9.17) is 22.1 Å². The molecular formula is C14H12ClFN2O3. The second-order valence-corrected chi connectivity index (χ2v) is 4.72. The van der Waals surface area contributed by atoms with Crippen molar-refractivity contribution >= 4 is 17.3 Å². The van der Waals surface area contributed by atoms with Crippen molar-refractivity contribution < 1.29 is 14.1 Å². The van der Waals surface area contributed by atoms with Crippen LogP contribution in [0.5, 0.6) is 5.75 Å². The van der Waals surface area contributed by atoms with Gasteiger partial charge in [0.2, 0.25) is 0 Å². The Morgan fingerprint density at radius 3 is 2.67 bits per heavy atom. The second kappa shape index (κ2) is 6.51. The van der Waals surface area contributed by atoms with Crippen molar-refractivity contribution in [3.8, 4) is 5.75 Å². The minimum absolute atomic E-state index is 0.0616. The molecule has 0 aliphatic heterocycles. The molecule has 0 heterocycles. The third kappa shape index (κ3) is 3.68. The highest BCUT2D eigenvalue weighted by atomic mass is 35.5. The zero-order valence-corrected chi connectivity index (χ0v) is 11.6. The average Bonchev–Trinajstić information content (AvgIpc) is 2.46. The molecule has 2 aromatic rings. The van der Waals surface area contributed by atoms with E-state index in [2.05, 4.69) is 0 Å². The lowest BCUT2D eigenvalue weighted by Gasteiger charge is -2.09. The van der Waals surface area contributed by atoms with Crippen molar-refractivity contribution in [3.05, 3.63) is 68.5 Å². The Morgan fingerprint density at radius 2 is 2.05 bits per heavy atom. The Morgan fingerprint density at radius 1 is 1.29 bits per heavy atom. The number of nitro benzene ring substituents is 1. The summed E-state index contributed by atoms with van der Waals surface area (Å²) in [6, 6.07) is 8.57. The number of hydrogen-bond donors (Lipinski definition) is 1. The number of nitro groups is 1. The summed E-state index contributed by atoms with van der Waals surface area (Å²) in [6.07, 6.45) is 0. The Bertz CT molecular complexity index is 679. The fourth-order valence-corrected chi connectivity index (χ4v) is 1.91. The Hall–Kier alpha value is -2.18. The van der Waals surface area contributed by atoms with Gasteiger partial charge < -0.3 is 10.5 Å². The van der Waals surface area contributed by atoms with Crippen LogP contribution in [-0.4, -0.2) is 4.92 Å². The van der Waals surface area contributed by atoms with Crippen LogP contribution in [0, 0.1) is 15.9 Å². The van der Waals surface area contributed by atoms with E-state index in [1.807, 2.05) is 0 Å². The van der Waals surface area contributed by atoms with Crippen LogP contribution in [0.25, 0.3) is 0 Å². The lowest BCUT2D eigenvalue weighted by Crippen LogP contribution is -2.03. The molecule has 0 spiro atoms. The van der Waals surface area contributed by atoms with Gasteiger partial charge in [-0.05, 0) is 23.8 Å². The highest BCUT2D eigenvalue weighted by Gasteiger charge is 2.16. The van der Waals surface area contributed by atoms with Gasteiger partial charge >= 0.3 is 5.69 Å². The van der Waals surface area contributed by atoms with E-state index in [-0.39, 0.29) is 35.2 Å². The summed E-state index contributed by atoms with van der Waals surface area (Å²) in [7, 11) is 0. The van der Waals surface area contributed by atoms with Crippen LogP contribution in [0.15, 0.2) is 36.4 Å². The maximum absolute atomic E-state index is 13.6. The van der Waals surface area contributed by atoms with Crippen LogP contribution in [0.3, 0.4) is 0 Å². The predicted octanol–water partition coefficient (Wildman–Crippen LogP) is 3.43. The highest BCUT2D eigenvalue weighted by Crippen LogP contribution is 2.29. The number of nitrogens with two attached hydrogens (primary N) is 1. The second-order valence-electron chi connectivity index (χ2n) is 4.29. The van der Waals surface area contributed by atoms with E-state index in [0.717, 1.165) is 6.07 Å². The van der Waals surface area contributed by atoms with Gasteiger partial charge in [-0.15, -0.1) is 0 Å². The van der Waals surface area contributed by atoms with Gasteiger partial charge in [0.25, 0.3) is 0 Å². The average molecular weight is 311 g/mol. The molecule has 0 fully saturated rings. The van der Waals surface area contributed by atoms with Crippen molar-refractivity contribution in [2.45, 2.75) is 13.2 Å². The van der Waals surface area contributed by atoms with E-state index < -0.39 is 10.7 Å². The largest absolute Gasteiger partial charge is 0.482 e. The minimum Gasteiger partial charge on any atom is -0.482 e. The van der Waals surface area contributed by atoms with Crippen LogP contribution in [0.2, 0.25) is 5.02 Å². The first-order valence-corrected chi connectivity index (χ1v) is 6.43. The van der Waals surface area contributed by atoms with Gasteiger partial charge in [-0.25, -0.2) is 4.39 Å². The van der Waals surface area contributed by atoms with Crippen LogP contribution in [-0.2, 0) is 13.2 Å². The molecule has 0 radical (unpaired) electrons. The first-order valence-electron chi connectivity index (χ1n) is 6.05. The molecule has 0 saturated heterocycles. The third-order valence-electron chi connectivity index (χ3n) is 2.85. The van der Waals surface area contributed by atoms with Gasteiger partial charge in [0.05, 0.1) is 4.92 Å². The monoisotopic (exact) mass is 310 g/mol. The lowest BCUT2D eigenvalue weighted by molar-refractivity contribution is -0.386. The SMILES string of the molecule is NCc1ccc(OCc2ccc(Cl)cc2F)c([N+](=O)[O-])c1. The molecule has 0 aromatic heterocycles. The van der Waals surface area contributed by atoms with Crippen molar-refractivity contribution in [1.29, 1.82) is 0 Å². The molecule has 0 saturated carbocycles. The summed E-state index contributed by atoms with van der Waals surface area (Å²) in [4.78, 5) is 10.4. The van der Waals surface area contributed by atoms with Gasteiger partial charge in [0, 0.05) is 23.2 Å². The summed E-state index contributed by atoms with van der Waals surface area (Å²) in [6.45, 7) is 0.0543. The first kappa shape index (κ1) is 15.2. The molecule has 0 atom stereocenters. The van der Waals surface area contributed by atoms with E-state index in [1.54, 1.807) is 6.07 Å². The van der Waals surface area contributed by atoms with Gasteiger partial charge in [-0.1, -0.05) is 23.7 Å². The van der Waals surface area contributed by atoms with Gasteiger partial charge in [0.15, 0.2) is 5.75 Å². The Kier molecular flexibility index (Phi) is 4.72. The molecule has 2 aromatic carbocycles. The van der Waals surface area contributed by atoms with E-state index in [0.29, 0.717) is 5.56 Å². The van der Waals surface area contributed by atoms with Crippen LogP contribution in [0.4, 0.5) is 10.1 Å². The van der Waals surface area contributed by atoms with Crippen molar-refractivity contribution in [3.63, 3.8) is 0 Å². The van der Waals surface area contributed by atoms with Crippen molar-refractivity contribution in [2.24, 2.45) is 5.73 Å². The predicted molar refractivity (Wildman–Crippen MR) is 76.7 cm³/mol. The van der Waals surface area contributed by atoms with Crippen molar-refractivity contribution in [2.75, 3.05) is 0 Å². The summed E-state index contributed by atoms with van der Waals surface area (Å²) in [5, 5.41) is 11.3. The molecule has 0 unspecified atom stereocenters. The van der Waals surface area contributed by atoms with Crippen LogP contribution < -0.4 is 10.5 Å². The molecule has 2 rings (SSSR count). The molecule has 0 aliphatic rings. The molecule has 110 valence electrons. The van der Waals surface area contributed by atoms with Gasteiger partial charge in [-0.3, -0.25) is 10.1 Å². The van der Waals surface area contributed by atoms with E-state index >= 15 is 0 Å². The van der Waals surface area contributed by atoms with Gasteiger partial charge in [-0.2, -0.15) is 0 Å². The number of benzene rings is 2. The summed E-state index contributed by atoms with van der Waals surface area (Å²) < 4.78 is 19.0. The molecule has 21 heavy (non-hydrogen) atoms. The Labute approximate surface area is 125 Å². The summed E-state index contributed by atoms with van der Waals surface area (Å²) in [5.74, 6) is -0.463. The van der Waals surface area contributed by atoms with Crippen LogP contribution >= 0.6 is 11.6 Å². The molecule has 0 aliphatic carbocycles. The quantitative estimate of drug-likeness (QED) is 0.678. The molecule has 0 amide bonds. The molecular weight excluding hydrogens is 299 g/mol. The van der Waals surface area contributed by atoms with E-state index in [1.165, 1.54) is 24.3 Å². The van der Waals surface area contributed by atoms with Crippen molar-refractivity contribution in [1.82, 2.24) is 0 Å². The number of hydrogen-bond acceptors (Lipinski definition) is 4. The zero-order valence-electron chi connectivity index (χ0n) is 10.9. The zero-order chi connectivity index (χ0) is 15.4. The fourth-order valence-electron chi connectivity index (χ4n) is 1.75. The topological polar surface area (TPSA) is 78.4 Å². The maximum Gasteiger partial charge on any atom is 0.311 e. The number of rotatable bonds is 5. The lowest BCUT2D eigenvalue weighted by atomic mass is 10.2. The normalized spacial score (nSPS) is 10.4. The molecule has 7 heteroatoms. The van der Waals surface area contributed by atoms with E-state index in [9.17, 15) is 14.5 Å². The summed E-state index contributed by atoms with van der Waals surface area (Å²) >= 11 is 5.65. The molecule has 0 bridgehead atoms. The molecule has 5 nitrogen and oxygen atoms in total. The maximum atomic E-state index is 13.6. The first-order chi connectivity index (χ1) is 10.0. The Balaban J connectivity index is 2.21.